The van der Waals surface area contributed by atoms with E-state index in [1.807, 2.05) is 0 Å². The third-order valence-electron chi connectivity index (χ3n) is 4.11. The molecule has 0 amide bonds. The van der Waals surface area contributed by atoms with E-state index < -0.39 is 5.97 Å². The van der Waals surface area contributed by atoms with E-state index in [9.17, 15) is 0 Å². The predicted molar refractivity (Wildman–Crippen MR) is 102 cm³/mol. The highest BCUT2D eigenvalue weighted by Gasteiger charge is 2.41. The minimum Gasteiger partial charge on any atom is -0.327 e. The molecule has 0 aliphatic heterocycles. The summed E-state index contributed by atoms with van der Waals surface area (Å²) in [5.74, 6) is 0.295. The average molecular weight is 349 g/mol. The van der Waals surface area contributed by atoms with Crippen LogP contribution in [0.15, 0.2) is 0 Å². The quantitative estimate of drug-likeness (QED) is 0.204. The van der Waals surface area contributed by atoms with E-state index in [2.05, 4.69) is 40.3 Å². The summed E-state index contributed by atoms with van der Waals surface area (Å²) in [7, 11) is 0. The fraction of sp³-hybridized carbons (Fsp3) is 1.00. The first kappa shape index (κ1) is 23.2. The van der Waals surface area contributed by atoms with Crippen LogP contribution in [0.2, 0.25) is 0 Å². The van der Waals surface area contributed by atoms with Crippen LogP contribution in [0.25, 0.3) is 0 Å². The third-order valence-corrected chi connectivity index (χ3v) is 4.42. The van der Waals surface area contributed by atoms with E-state index in [0.29, 0.717) is 19.8 Å². The molecule has 0 rings (SSSR count). The van der Waals surface area contributed by atoms with Gasteiger partial charge in [-0.15, -0.1) is 0 Å². The van der Waals surface area contributed by atoms with Crippen LogP contribution in [0.3, 0.4) is 0 Å². The monoisotopic (exact) mass is 348 g/mol. The van der Waals surface area contributed by atoms with Crippen LogP contribution in [-0.4, -0.2) is 31.5 Å². The SMILES string of the molecule is CCCCOC(OCCCC)(OCCCC)C(CC)CCCS. The number of rotatable bonds is 17. The van der Waals surface area contributed by atoms with Gasteiger partial charge in [0.05, 0.1) is 19.8 Å². The molecule has 1 unspecified atom stereocenters. The van der Waals surface area contributed by atoms with Gasteiger partial charge in [0.25, 0.3) is 5.97 Å². The van der Waals surface area contributed by atoms with Crippen LogP contribution in [0.1, 0.15) is 85.5 Å². The summed E-state index contributed by atoms with van der Waals surface area (Å²) < 4.78 is 18.7. The molecule has 140 valence electrons. The molecular formula is C19H40O3S. The van der Waals surface area contributed by atoms with E-state index in [1.165, 1.54) is 0 Å². The first-order valence-electron chi connectivity index (χ1n) is 9.73. The van der Waals surface area contributed by atoms with E-state index in [4.69, 9.17) is 14.2 Å². The molecule has 0 aromatic carbocycles. The second-order valence-electron chi connectivity index (χ2n) is 6.18. The van der Waals surface area contributed by atoms with Crippen LogP contribution < -0.4 is 0 Å². The van der Waals surface area contributed by atoms with Gasteiger partial charge in [0.1, 0.15) is 0 Å². The fourth-order valence-electron chi connectivity index (χ4n) is 2.52. The topological polar surface area (TPSA) is 27.7 Å². The molecule has 0 radical (unpaired) electrons. The van der Waals surface area contributed by atoms with Gasteiger partial charge in [-0.1, -0.05) is 47.0 Å². The molecule has 0 N–H and O–H groups in total. The van der Waals surface area contributed by atoms with Crippen molar-refractivity contribution in [3.8, 4) is 0 Å². The minimum absolute atomic E-state index is 0.264. The van der Waals surface area contributed by atoms with Crippen LogP contribution in [0.4, 0.5) is 0 Å². The Labute approximate surface area is 150 Å². The van der Waals surface area contributed by atoms with Crippen molar-refractivity contribution in [3.05, 3.63) is 0 Å². The van der Waals surface area contributed by atoms with Gasteiger partial charge in [-0.3, -0.25) is 0 Å². The van der Waals surface area contributed by atoms with Crippen molar-refractivity contribution in [1.82, 2.24) is 0 Å². The summed E-state index contributed by atoms with van der Waals surface area (Å²) in [4.78, 5) is 0. The number of thiol groups is 1. The number of ether oxygens (including phenoxy) is 3. The van der Waals surface area contributed by atoms with Gasteiger partial charge in [-0.25, -0.2) is 0 Å². The maximum atomic E-state index is 6.24. The Morgan fingerprint density at radius 1 is 0.739 bits per heavy atom. The van der Waals surface area contributed by atoms with Gasteiger partial charge < -0.3 is 14.2 Å². The first-order chi connectivity index (χ1) is 11.2. The molecule has 0 spiro atoms. The number of unbranched alkanes of at least 4 members (excludes halogenated alkanes) is 3. The second-order valence-corrected chi connectivity index (χ2v) is 6.63. The molecule has 0 aliphatic rings. The lowest BCUT2D eigenvalue weighted by atomic mass is 9.97. The van der Waals surface area contributed by atoms with Crippen LogP contribution in [-0.2, 0) is 14.2 Å². The number of hydrogen-bond acceptors (Lipinski definition) is 4. The highest BCUT2D eigenvalue weighted by atomic mass is 32.1. The van der Waals surface area contributed by atoms with E-state index in [0.717, 1.165) is 63.5 Å². The van der Waals surface area contributed by atoms with Gasteiger partial charge in [-0.05, 0) is 44.3 Å². The number of hydrogen-bond donors (Lipinski definition) is 1. The van der Waals surface area contributed by atoms with E-state index in [1.54, 1.807) is 0 Å². The largest absolute Gasteiger partial charge is 0.327 e. The zero-order valence-corrected chi connectivity index (χ0v) is 16.8. The van der Waals surface area contributed by atoms with Gasteiger partial charge in [0.2, 0.25) is 0 Å². The molecule has 0 fully saturated rings. The average Bonchev–Trinajstić information content (AvgIpc) is 2.56. The highest BCUT2D eigenvalue weighted by molar-refractivity contribution is 7.80. The summed E-state index contributed by atoms with van der Waals surface area (Å²) in [5.41, 5.74) is 0. The lowest BCUT2D eigenvalue weighted by Crippen LogP contribution is -2.47. The molecule has 0 aromatic rings. The Balaban J connectivity index is 5.03. The Hall–Kier alpha value is 0.230. The summed E-state index contributed by atoms with van der Waals surface area (Å²) in [6.07, 6.45) is 9.57. The van der Waals surface area contributed by atoms with Crippen molar-refractivity contribution >= 4 is 12.6 Å². The van der Waals surface area contributed by atoms with Crippen molar-refractivity contribution in [1.29, 1.82) is 0 Å². The lowest BCUT2D eigenvalue weighted by Gasteiger charge is -2.39. The molecule has 0 saturated heterocycles. The Kier molecular flexibility index (Phi) is 15.9. The zero-order chi connectivity index (χ0) is 17.4. The predicted octanol–water partition coefficient (Wildman–Crippen LogP) is 5.83. The standard InChI is InChI=1S/C19H40O3S/c1-5-9-14-20-19(21-15-10-6-2,22-16-11-7-3)18(8-4)13-12-17-23/h18,23H,5-17H2,1-4H3. The fourth-order valence-corrected chi connectivity index (χ4v) is 2.71. The van der Waals surface area contributed by atoms with Gasteiger partial charge in [-0.2, -0.15) is 12.6 Å². The van der Waals surface area contributed by atoms with Gasteiger partial charge in [0.15, 0.2) is 0 Å². The Morgan fingerprint density at radius 2 is 1.17 bits per heavy atom. The second kappa shape index (κ2) is 15.7. The normalized spacial score (nSPS) is 13.4. The molecule has 23 heavy (non-hydrogen) atoms. The van der Waals surface area contributed by atoms with Gasteiger partial charge in [0, 0.05) is 5.92 Å². The minimum atomic E-state index is -0.864. The molecular weight excluding hydrogens is 308 g/mol. The van der Waals surface area contributed by atoms with Crippen molar-refractivity contribution in [2.75, 3.05) is 25.6 Å². The molecule has 0 aliphatic carbocycles. The van der Waals surface area contributed by atoms with Crippen molar-refractivity contribution < 1.29 is 14.2 Å². The Bertz CT molecular complexity index is 222. The summed E-state index contributed by atoms with van der Waals surface area (Å²) in [5, 5.41) is 0. The molecule has 0 heterocycles. The first-order valence-corrected chi connectivity index (χ1v) is 10.4. The molecule has 0 bridgehead atoms. The van der Waals surface area contributed by atoms with Crippen molar-refractivity contribution in [2.45, 2.75) is 91.5 Å². The summed E-state index contributed by atoms with van der Waals surface area (Å²) in [6.45, 7) is 10.8. The summed E-state index contributed by atoms with van der Waals surface area (Å²) >= 11 is 4.36. The molecule has 1 atom stereocenters. The van der Waals surface area contributed by atoms with Crippen molar-refractivity contribution in [3.63, 3.8) is 0 Å². The lowest BCUT2D eigenvalue weighted by molar-refractivity contribution is -0.406. The zero-order valence-electron chi connectivity index (χ0n) is 15.9. The molecule has 0 saturated carbocycles. The molecule has 3 nitrogen and oxygen atoms in total. The van der Waals surface area contributed by atoms with Crippen LogP contribution in [0.5, 0.6) is 0 Å². The smallest absolute Gasteiger partial charge is 0.285 e. The van der Waals surface area contributed by atoms with Crippen LogP contribution in [0, 0.1) is 5.92 Å². The van der Waals surface area contributed by atoms with Gasteiger partial charge >= 0.3 is 0 Å². The molecule has 4 heteroatoms. The van der Waals surface area contributed by atoms with E-state index in [-0.39, 0.29) is 5.92 Å². The highest BCUT2D eigenvalue weighted by Crippen LogP contribution is 2.33. The maximum absolute atomic E-state index is 6.24. The van der Waals surface area contributed by atoms with Crippen LogP contribution >= 0.6 is 12.6 Å². The van der Waals surface area contributed by atoms with Crippen molar-refractivity contribution in [2.24, 2.45) is 5.92 Å². The third kappa shape index (κ3) is 9.96. The Morgan fingerprint density at radius 3 is 1.48 bits per heavy atom. The van der Waals surface area contributed by atoms with E-state index >= 15 is 0 Å². The molecule has 0 aromatic heterocycles. The summed E-state index contributed by atoms with van der Waals surface area (Å²) in [6, 6.07) is 0. The maximum Gasteiger partial charge on any atom is 0.285 e.